The predicted molar refractivity (Wildman–Crippen MR) is 97.7 cm³/mol. The van der Waals surface area contributed by atoms with Gasteiger partial charge in [-0.2, -0.15) is 0 Å². The van der Waals surface area contributed by atoms with Crippen molar-refractivity contribution >= 4 is 5.96 Å². The van der Waals surface area contributed by atoms with Crippen molar-refractivity contribution in [2.75, 3.05) is 33.3 Å². The Kier molecular flexibility index (Phi) is 7.18. The highest BCUT2D eigenvalue weighted by atomic mass is 16.5. The van der Waals surface area contributed by atoms with Crippen LogP contribution in [0.2, 0.25) is 0 Å². The quantitative estimate of drug-likeness (QED) is 0.525. The fourth-order valence-corrected chi connectivity index (χ4v) is 3.12. The monoisotopic (exact) mass is 334 g/mol. The van der Waals surface area contributed by atoms with Crippen molar-refractivity contribution in [3.05, 3.63) is 23.8 Å². The smallest absolute Gasteiger partial charge is 0.191 e. The van der Waals surface area contributed by atoms with Crippen molar-refractivity contribution in [3.63, 3.8) is 0 Å². The first-order chi connectivity index (χ1) is 11.7. The summed E-state index contributed by atoms with van der Waals surface area (Å²) in [5.41, 5.74) is 0.752. The number of likely N-dealkylation sites (tertiary alicyclic amines) is 1. The summed E-state index contributed by atoms with van der Waals surface area (Å²) in [5, 5.41) is 16.9. The normalized spacial score (nSPS) is 18.6. The number of nitrogens with one attached hydrogen (secondary N) is 2. The number of phenols is 1. The van der Waals surface area contributed by atoms with E-state index < -0.39 is 0 Å². The molecule has 6 nitrogen and oxygen atoms in total. The molecule has 1 atom stereocenters. The number of likely N-dealkylation sites (N-methyl/N-ethyl adjacent to an activating group) is 1. The van der Waals surface area contributed by atoms with Crippen LogP contribution in [-0.4, -0.2) is 55.3 Å². The Morgan fingerprint density at radius 1 is 1.38 bits per heavy atom. The van der Waals surface area contributed by atoms with E-state index in [-0.39, 0.29) is 5.75 Å². The third kappa shape index (κ3) is 4.77. The maximum Gasteiger partial charge on any atom is 0.191 e. The van der Waals surface area contributed by atoms with Gasteiger partial charge in [-0.1, -0.05) is 19.1 Å². The Labute approximate surface area is 144 Å². The minimum Gasteiger partial charge on any atom is -0.504 e. The van der Waals surface area contributed by atoms with Gasteiger partial charge in [-0.15, -0.1) is 0 Å². The number of guanidine groups is 1. The summed E-state index contributed by atoms with van der Waals surface area (Å²) in [6.07, 6.45) is 2.50. The van der Waals surface area contributed by atoms with Gasteiger partial charge in [-0.05, 0) is 38.9 Å². The van der Waals surface area contributed by atoms with Crippen LogP contribution in [0.1, 0.15) is 32.3 Å². The Morgan fingerprint density at radius 2 is 2.21 bits per heavy atom. The van der Waals surface area contributed by atoms with E-state index in [0.717, 1.165) is 31.2 Å². The van der Waals surface area contributed by atoms with E-state index in [4.69, 9.17) is 4.74 Å². The zero-order chi connectivity index (χ0) is 17.4. The molecule has 1 aromatic rings. The van der Waals surface area contributed by atoms with Crippen LogP contribution in [0.15, 0.2) is 23.2 Å². The number of benzene rings is 1. The van der Waals surface area contributed by atoms with Crippen molar-refractivity contribution in [1.82, 2.24) is 15.5 Å². The van der Waals surface area contributed by atoms with Gasteiger partial charge < -0.3 is 20.5 Å². The molecular formula is C18H30N4O2. The Hall–Kier alpha value is -1.95. The van der Waals surface area contributed by atoms with Crippen LogP contribution in [0, 0.1) is 0 Å². The van der Waals surface area contributed by atoms with Gasteiger partial charge in [0.2, 0.25) is 0 Å². The van der Waals surface area contributed by atoms with E-state index in [0.29, 0.717) is 18.3 Å². The molecule has 0 bridgehead atoms. The molecule has 3 N–H and O–H groups in total. The SMILES string of the molecule is CCNC(=NCc1cccc(OC)c1O)NCC1CCCN1CC. The predicted octanol–water partition coefficient (Wildman–Crippen LogP) is 1.94. The first-order valence-electron chi connectivity index (χ1n) is 8.80. The van der Waals surface area contributed by atoms with E-state index in [1.54, 1.807) is 13.2 Å². The number of aromatic hydroxyl groups is 1. The molecule has 0 aliphatic carbocycles. The highest BCUT2D eigenvalue weighted by Crippen LogP contribution is 2.29. The fourth-order valence-electron chi connectivity index (χ4n) is 3.12. The second kappa shape index (κ2) is 9.37. The lowest BCUT2D eigenvalue weighted by molar-refractivity contribution is 0.267. The average Bonchev–Trinajstić information content (AvgIpc) is 3.06. The highest BCUT2D eigenvalue weighted by molar-refractivity contribution is 5.79. The molecule has 1 fully saturated rings. The zero-order valence-electron chi connectivity index (χ0n) is 15.0. The van der Waals surface area contributed by atoms with E-state index in [9.17, 15) is 5.11 Å². The molecule has 1 saturated heterocycles. The number of hydrogen-bond acceptors (Lipinski definition) is 4. The van der Waals surface area contributed by atoms with E-state index >= 15 is 0 Å². The number of aliphatic imine (C=N–C) groups is 1. The van der Waals surface area contributed by atoms with Crippen LogP contribution >= 0.6 is 0 Å². The lowest BCUT2D eigenvalue weighted by Gasteiger charge is -2.24. The zero-order valence-corrected chi connectivity index (χ0v) is 15.0. The third-order valence-electron chi connectivity index (χ3n) is 4.46. The van der Waals surface area contributed by atoms with Gasteiger partial charge in [0.05, 0.1) is 13.7 Å². The molecule has 1 aromatic carbocycles. The molecule has 1 aliphatic heterocycles. The molecule has 0 saturated carbocycles. The van der Waals surface area contributed by atoms with E-state index in [1.807, 2.05) is 19.1 Å². The molecule has 2 rings (SSSR count). The van der Waals surface area contributed by atoms with Crippen LogP contribution in [0.5, 0.6) is 11.5 Å². The fraction of sp³-hybridized carbons (Fsp3) is 0.611. The van der Waals surface area contributed by atoms with Crippen LogP contribution in [0.25, 0.3) is 0 Å². The number of ether oxygens (including phenoxy) is 1. The summed E-state index contributed by atoms with van der Waals surface area (Å²) in [5.74, 6) is 1.42. The van der Waals surface area contributed by atoms with Gasteiger partial charge in [0.1, 0.15) is 0 Å². The maximum atomic E-state index is 10.2. The van der Waals surface area contributed by atoms with Crippen LogP contribution in [0.3, 0.4) is 0 Å². The summed E-state index contributed by atoms with van der Waals surface area (Å²) >= 11 is 0. The molecule has 1 heterocycles. The summed E-state index contributed by atoms with van der Waals surface area (Å²) in [7, 11) is 1.55. The van der Waals surface area contributed by atoms with Gasteiger partial charge in [-0.3, -0.25) is 4.90 Å². The topological polar surface area (TPSA) is 69.1 Å². The molecule has 1 aliphatic rings. The van der Waals surface area contributed by atoms with Gasteiger partial charge in [-0.25, -0.2) is 4.99 Å². The van der Waals surface area contributed by atoms with Crippen LogP contribution < -0.4 is 15.4 Å². The summed E-state index contributed by atoms with van der Waals surface area (Å²) in [4.78, 5) is 7.10. The Morgan fingerprint density at radius 3 is 2.92 bits per heavy atom. The molecule has 24 heavy (non-hydrogen) atoms. The number of hydrogen-bond donors (Lipinski definition) is 3. The number of nitrogens with zero attached hydrogens (tertiary/aromatic N) is 2. The van der Waals surface area contributed by atoms with Gasteiger partial charge in [0, 0.05) is 24.7 Å². The molecule has 0 spiro atoms. The van der Waals surface area contributed by atoms with Gasteiger partial charge >= 0.3 is 0 Å². The number of methoxy groups -OCH3 is 1. The maximum absolute atomic E-state index is 10.2. The van der Waals surface area contributed by atoms with Crippen molar-refractivity contribution in [1.29, 1.82) is 0 Å². The summed E-state index contributed by atoms with van der Waals surface area (Å²) in [6.45, 7) is 8.64. The largest absolute Gasteiger partial charge is 0.504 e. The average molecular weight is 334 g/mol. The second-order valence-electron chi connectivity index (χ2n) is 5.97. The summed E-state index contributed by atoms with van der Waals surface area (Å²) in [6, 6.07) is 6.04. The standard InChI is InChI=1S/C18H30N4O2/c1-4-19-18(21-13-15-9-7-11-22(15)5-2)20-12-14-8-6-10-16(24-3)17(14)23/h6,8,10,15,23H,4-5,7,9,11-13H2,1-3H3,(H2,19,20,21). The van der Waals surface area contributed by atoms with Crippen LogP contribution in [0.4, 0.5) is 0 Å². The molecule has 1 unspecified atom stereocenters. The molecule has 6 heteroatoms. The number of phenolic OH excluding ortho intramolecular Hbond substituents is 1. The lowest BCUT2D eigenvalue weighted by atomic mass is 10.2. The van der Waals surface area contributed by atoms with Crippen molar-refractivity contribution in [2.24, 2.45) is 4.99 Å². The van der Waals surface area contributed by atoms with Crippen LogP contribution in [-0.2, 0) is 6.54 Å². The first-order valence-corrected chi connectivity index (χ1v) is 8.80. The first kappa shape index (κ1) is 18.4. The molecule has 0 radical (unpaired) electrons. The Balaban J connectivity index is 1.98. The van der Waals surface area contributed by atoms with Crippen molar-refractivity contribution < 1.29 is 9.84 Å². The molecule has 0 amide bonds. The van der Waals surface area contributed by atoms with E-state index in [2.05, 4.69) is 27.4 Å². The second-order valence-corrected chi connectivity index (χ2v) is 5.97. The number of para-hydroxylation sites is 1. The van der Waals surface area contributed by atoms with E-state index in [1.165, 1.54) is 19.4 Å². The Bertz CT molecular complexity index is 548. The molecular weight excluding hydrogens is 304 g/mol. The lowest BCUT2D eigenvalue weighted by Crippen LogP contribution is -2.44. The minimum atomic E-state index is 0.160. The van der Waals surface area contributed by atoms with Gasteiger partial charge in [0.15, 0.2) is 17.5 Å². The highest BCUT2D eigenvalue weighted by Gasteiger charge is 2.22. The number of rotatable bonds is 7. The minimum absolute atomic E-state index is 0.160. The van der Waals surface area contributed by atoms with Crippen molar-refractivity contribution in [3.8, 4) is 11.5 Å². The molecule has 0 aromatic heterocycles. The van der Waals surface area contributed by atoms with Gasteiger partial charge in [0.25, 0.3) is 0 Å². The third-order valence-corrected chi connectivity index (χ3v) is 4.46. The van der Waals surface area contributed by atoms with Crippen molar-refractivity contribution in [2.45, 2.75) is 39.3 Å². The summed E-state index contributed by atoms with van der Waals surface area (Å²) < 4.78 is 5.14. The molecule has 134 valence electrons.